The zero-order valence-electron chi connectivity index (χ0n) is 18.0. The highest BCUT2D eigenvalue weighted by Gasteiger charge is 2.65. The third-order valence-corrected chi connectivity index (χ3v) is 8.57. The highest BCUT2D eigenvalue weighted by molar-refractivity contribution is 5.64. The van der Waals surface area contributed by atoms with Gasteiger partial charge in [0.15, 0.2) is 17.8 Å². The SMILES string of the molecule is CN1CC[C@]23c4c5c(C(O)[C@H]6O[C@H](O)[C@@H](O)[C@@H](O)[C@@H]6O)cc(O)c4O[C@H]2[C@@H](O)C=C[C@H]3[C@H]1C5. The Hall–Kier alpha value is -1.76. The number of likely N-dealkylation sites (N-methyl/N-ethyl adjacent to an activating group) is 1. The van der Waals surface area contributed by atoms with Gasteiger partial charge < -0.3 is 50.1 Å². The molecule has 1 unspecified atom stereocenters. The van der Waals surface area contributed by atoms with E-state index in [1.807, 2.05) is 13.1 Å². The number of likely N-dealkylation sites (tertiary alicyclic amines) is 1. The number of hydrogen-bond donors (Lipinski definition) is 7. The molecule has 5 aliphatic rings. The van der Waals surface area contributed by atoms with Crippen LogP contribution in [0.2, 0.25) is 0 Å². The molecule has 1 spiro atoms. The second-order valence-corrected chi connectivity index (χ2v) is 10.1. The number of ether oxygens (including phenoxy) is 2. The fourth-order valence-corrected chi connectivity index (χ4v) is 6.94. The minimum atomic E-state index is -1.79. The number of benzene rings is 1. The maximum absolute atomic E-state index is 11.3. The van der Waals surface area contributed by atoms with Gasteiger partial charge in [0.25, 0.3) is 0 Å². The van der Waals surface area contributed by atoms with Crippen molar-refractivity contribution in [3.05, 3.63) is 34.9 Å². The van der Waals surface area contributed by atoms with Crippen LogP contribution in [0.1, 0.15) is 29.2 Å². The summed E-state index contributed by atoms with van der Waals surface area (Å²) in [5.74, 6) is 0.171. The van der Waals surface area contributed by atoms with Crippen molar-refractivity contribution in [1.29, 1.82) is 0 Å². The van der Waals surface area contributed by atoms with Crippen LogP contribution >= 0.6 is 0 Å². The molecule has 1 aromatic carbocycles. The maximum Gasteiger partial charge on any atom is 0.184 e. The molecule has 0 amide bonds. The molecule has 10 nitrogen and oxygen atoms in total. The molecule has 1 aromatic rings. The molecule has 3 heterocycles. The second-order valence-electron chi connectivity index (χ2n) is 10.1. The maximum atomic E-state index is 11.3. The van der Waals surface area contributed by atoms with Crippen molar-refractivity contribution in [2.75, 3.05) is 13.6 Å². The topological polar surface area (TPSA) is 163 Å². The number of phenols is 1. The lowest BCUT2D eigenvalue weighted by atomic mass is 9.53. The number of hydrogen-bond acceptors (Lipinski definition) is 10. The Kier molecular flexibility index (Phi) is 4.70. The fraction of sp³-hybridized carbons (Fsp3) is 0.652. The van der Waals surface area contributed by atoms with Gasteiger partial charge in [-0.25, -0.2) is 0 Å². The van der Waals surface area contributed by atoms with Crippen LogP contribution in [-0.4, -0.2) is 103 Å². The Morgan fingerprint density at radius 1 is 1.09 bits per heavy atom. The summed E-state index contributed by atoms with van der Waals surface area (Å²) in [5, 5.41) is 73.3. The molecule has 180 valence electrons. The number of aliphatic hydroxyl groups excluding tert-OH is 6. The summed E-state index contributed by atoms with van der Waals surface area (Å²) in [5.41, 5.74) is 1.25. The molecular formula is C23H29NO9. The second kappa shape index (κ2) is 7.12. The summed E-state index contributed by atoms with van der Waals surface area (Å²) in [6, 6.07) is 1.43. The molecule has 6 rings (SSSR count). The van der Waals surface area contributed by atoms with E-state index in [-0.39, 0.29) is 17.7 Å². The number of piperidine rings is 1. The van der Waals surface area contributed by atoms with Gasteiger partial charge >= 0.3 is 0 Å². The van der Waals surface area contributed by atoms with E-state index >= 15 is 0 Å². The van der Waals surface area contributed by atoms with Crippen LogP contribution in [0.4, 0.5) is 0 Å². The molecule has 11 atom stereocenters. The summed E-state index contributed by atoms with van der Waals surface area (Å²) in [6.45, 7) is 0.786. The number of rotatable bonds is 2. The lowest BCUT2D eigenvalue weighted by Gasteiger charge is -2.56. The van der Waals surface area contributed by atoms with E-state index in [1.165, 1.54) is 6.07 Å². The van der Waals surface area contributed by atoms with Gasteiger partial charge in [0.1, 0.15) is 42.7 Å². The lowest BCUT2D eigenvalue weighted by molar-refractivity contribution is -0.297. The predicted octanol–water partition coefficient (Wildman–Crippen LogP) is -1.97. The van der Waals surface area contributed by atoms with Crippen LogP contribution in [0.3, 0.4) is 0 Å². The van der Waals surface area contributed by atoms with Crippen molar-refractivity contribution in [2.24, 2.45) is 5.92 Å². The molecule has 2 aliphatic carbocycles. The summed E-state index contributed by atoms with van der Waals surface area (Å²) in [7, 11) is 2.03. The molecule has 0 aromatic heterocycles. The van der Waals surface area contributed by atoms with E-state index in [2.05, 4.69) is 4.90 Å². The first kappa shape index (κ1) is 21.8. The van der Waals surface area contributed by atoms with Gasteiger partial charge in [-0.3, -0.25) is 0 Å². The van der Waals surface area contributed by atoms with Crippen LogP contribution < -0.4 is 4.74 Å². The van der Waals surface area contributed by atoms with Gasteiger partial charge in [-0.15, -0.1) is 0 Å². The Balaban J connectivity index is 1.51. The molecule has 10 heteroatoms. The number of phenolic OH excluding ortho intramolecular Hbond substituents is 1. The third kappa shape index (κ3) is 2.66. The van der Waals surface area contributed by atoms with Crippen molar-refractivity contribution >= 4 is 0 Å². The molecule has 3 aliphatic heterocycles. The Bertz CT molecular complexity index is 1020. The van der Waals surface area contributed by atoms with E-state index in [9.17, 15) is 35.7 Å². The van der Waals surface area contributed by atoms with Crippen LogP contribution in [0.15, 0.2) is 18.2 Å². The first-order chi connectivity index (χ1) is 15.7. The molecular weight excluding hydrogens is 434 g/mol. The monoisotopic (exact) mass is 463 g/mol. The minimum Gasteiger partial charge on any atom is -0.504 e. The van der Waals surface area contributed by atoms with Crippen LogP contribution in [0, 0.1) is 5.92 Å². The van der Waals surface area contributed by atoms with E-state index in [4.69, 9.17) is 9.47 Å². The van der Waals surface area contributed by atoms with Gasteiger partial charge in [-0.2, -0.15) is 0 Å². The van der Waals surface area contributed by atoms with Crippen molar-refractivity contribution < 1.29 is 45.2 Å². The van der Waals surface area contributed by atoms with Gasteiger partial charge in [-0.1, -0.05) is 12.2 Å². The highest BCUT2D eigenvalue weighted by atomic mass is 16.6. The van der Waals surface area contributed by atoms with E-state index in [1.54, 1.807) is 6.08 Å². The molecule has 33 heavy (non-hydrogen) atoms. The van der Waals surface area contributed by atoms with Crippen LogP contribution in [0.5, 0.6) is 11.5 Å². The fourth-order valence-electron chi connectivity index (χ4n) is 6.94. The standard InChI is InChI=1S/C23H29NO9/c1-24-5-4-23-10-2-3-12(25)21(23)32-19-13(26)7-9(8(14(19)23)6-11(10)24)15(27)20-17(29)16(28)18(30)22(31)33-20/h2-3,7,10-12,15-18,20-22,25-31H,4-6H2,1H3/t10-,11+,12-,15?,16-,17-,18-,20+,21-,22-,23-/m0/s1. The number of nitrogens with zero attached hydrogens (tertiary/aromatic N) is 1. The molecule has 2 fully saturated rings. The highest BCUT2D eigenvalue weighted by Crippen LogP contribution is 2.63. The summed E-state index contributed by atoms with van der Waals surface area (Å²) in [4.78, 5) is 2.24. The number of aliphatic hydroxyl groups is 6. The van der Waals surface area contributed by atoms with E-state index < -0.39 is 54.4 Å². The summed E-state index contributed by atoms with van der Waals surface area (Å²) < 4.78 is 11.4. The quantitative estimate of drug-likeness (QED) is 0.245. The van der Waals surface area contributed by atoms with Crippen molar-refractivity contribution in [3.63, 3.8) is 0 Å². The zero-order chi connectivity index (χ0) is 23.4. The average Bonchev–Trinajstić information content (AvgIpc) is 3.15. The minimum absolute atomic E-state index is 0.0560. The molecule has 0 saturated carbocycles. The van der Waals surface area contributed by atoms with Crippen molar-refractivity contribution in [1.82, 2.24) is 4.90 Å². The first-order valence-electron chi connectivity index (χ1n) is 11.3. The van der Waals surface area contributed by atoms with Crippen molar-refractivity contribution in [2.45, 2.75) is 73.3 Å². The Morgan fingerprint density at radius 2 is 1.85 bits per heavy atom. The smallest absolute Gasteiger partial charge is 0.184 e. The van der Waals surface area contributed by atoms with Gasteiger partial charge in [0, 0.05) is 22.9 Å². The van der Waals surface area contributed by atoms with Gasteiger partial charge in [0.05, 0.1) is 0 Å². The average molecular weight is 463 g/mol. The van der Waals surface area contributed by atoms with E-state index in [0.29, 0.717) is 24.2 Å². The van der Waals surface area contributed by atoms with E-state index in [0.717, 1.165) is 17.7 Å². The van der Waals surface area contributed by atoms with Gasteiger partial charge in [0.2, 0.25) is 0 Å². The first-order valence-corrected chi connectivity index (χ1v) is 11.3. The van der Waals surface area contributed by atoms with Crippen LogP contribution in [-0.2, 0) is 16.6 Å². The lowest BCUT2D eigenvalue weighted by Crippen LogP contribution is -2.65. The molecule has 2 saturated heterocycles. The third-order valence-electron chi connectivity index (χ3n) is 8.57. The largest absolute Gasteiger partial charge is 0.504 e. The zero-order valence-corrected chi connectivity index (χ0v) is 18.0. The molecule has 0 radical (unpaired) electrons. The normalized spacial score (nSPS) is 46.6. The Morgan fingerprint density at radius 3 is 2.61 bits per heavy atom. The number of aromatic hydroxyl groups is 1. The predicted molar refractivity (Wildman–Crippen MR) is 111 cm³/mol. The van der Waals surface area contributed by atoms with Gasteiger partial charge in [-0.05, 0) is 43.6 Å². The summed E-state index contributed by atoms with van der Waals surface area (Å²) >= 11 is 0. The molecule has 2 bridgehead atoms. The molecule has 7 N–H and O–H groups in total. The Labute approximate surface area is 189 Å². The summed E-state index contributed by atoms with van der Waals surface area (Å²) in [6.07, 6.45) is -6.22. The van der Waals surface area contributed by atoms with Crippen molar-refractivity contribution in [3.8, 4) is 11.5 Å². The van der Waals surface area contributed by atoms with Crippen LogP contribution in [0.25, 0.3) is 0 Å².